The number of hydrogen-bond acceptors (Lipinski definition) is 8. The topological polar surface area (TPSA) is 146 Å². The lowest BCUT2D eigenvalue weighted by Crippen LogP contribution is -2.60. The normalized spacial score (nSPS) is 46.9. The molecule has 5 N–H and O–H groups in total. The van der Waals surface area contributed by atoms with Crippen molar-refractivity contribution in [3.8, 4) is 0 Å². The predicted octanol–water partition coefficient (Wildman–Crippen LogP) is -1.21. The summed E-state index contributed by atoms with van der Waals surface area (Å²) in [6.07, 6.45) is -5.10. The zero-order chi connectivity index (χ0) is 18.3. The molecule has 9 nitrogen and oxygen atoms in total. The minimum absolute atomic E-state index is 0.142. The number of rotatable bonds is 4. The molecule has 25 heavy (non-hydrogen) atoms. The van der Waals surface area contributed by atoms with Crippen molar-refractivity contribution in [2.24, 2.45) is 17.8 Å². The van der Waals surface area contributed by atoms with Crippen molar-refractivity contribution in [1.82, 2.24) is 0 Å². The number of fused-ring (bicyclic) bond motifs is 1. The second-order valence-electron chi connectivity index (χ2n) is 6.95. The van der Waals surface area contributed by atoms with Crippen molar-refractivity contribution >= 4 is 5.97 Å². The quantitative estimate of drug-likeness (QED) is 0.417. The molecule has 9 atom stereocenters. The molecule has 0 amide bonds. The first kappa shape index (κ1) is 18.6. The van der Waals surface area contributed by atoms with Crippen LogP contribution in [0.15, 0.2) is 11.8 Å². The first-order chi connectivity index (χ1) is 11.8. The number of hydrogen-bond donors (Lipinski definition) is 5. The molecule has 0 aromatic rings. The average molecular weight is 360 g/mol. The van der Waals surface area contributed by atoms with Gasteiger partial charge in [-0.25, -0.2) is 4.79 Å². The smallest absolute Gasteiger partial charge is 0.334 e. The fourth-order valence-corrected chi connectivity index (χ4v) is 4.01. The molecule has 2 fully saturated rings. The summed E-state index contributed by atoms with van der Waals surface area (Å²) < 4.78 is 16.5. The van der Waals surface area contributed by atoms with Gasteiger partial charge < -0.3 is 39.7 Å². The molecule has 0 aromatic carbocycles. The third kappa shape index (κ3) is 3.27. The Labute approximate surface area is 144 Å². The van der Waals surface area contributed by atoms with Gasteiger partial charge in [-0.15, -0.1) is 0 Å². The van der Waals surface area contributed by atoms with Crippen LogP contribution in [0.5, 0.6) is 0 Å². The van der Waals surface area contributed by atoms with Gasteiger partial charge in [0.05, 0.1) is 18.4 Å². The van der Waals surface area contributed by atoms with E-state index >= 15 is 0 Å². The molecule has 1 saturated heterocycles. The summed E-state index contributed by atoms with van der Waals surface area (Å²) in [4.78, 5) is 11.4. The minimum atomic E-state index is -1.54. The Morgan fingerprint density at radius 1 is 1.20 bits per heavy atom. The molecule has 2 heterocycles. The van der Waals surface area contributed by atoms with Crippen LogP contribution in [0.25, 0.3) is 0 Å². The number of carboxylic acid groups (broad SMARTS) is 1. The van der Waals surface area contributed by atoms with Crippen LogP contribution in [0.2, 0.25) is 0 Å². The summed E-state index contributed by atoms with van der Waals surface area (Å²) in [6, 6.07) is 0. The van der Waals surface area contributed by atoms with E-state index in [0.717, 1.165) is 12.7 Å². The summed E-state index contributed by atoms with van der Waals surface area (Å²) in [5, 5.41) is 48.3. The fourth-order valence-electron chi connectivity index (χ4n) is 4.01. The van der Waals surface area contributed by atoms with Crippen LogP contribution >= 0.6 is 0 Å². The number of aliphatic hydroxyl groups is 4. The summed E-state index contributed by atoms with van der Waals surface area (Å²) in [7, 11) is 0. The van der Waals surface area contributed by atoms with Gasteiger partial charge in [0.15, 0.2) is 6.29 Å². The molecule has 3 aliphatic rings. The van der Waals surface area contributed by atoms with Gasteiger partial charge in [-0.05, 0) is 18.8 Å². The highest BCUT2D eigenvalue weighted by Crippen LogP contribution is 2.47. The molecule has 0 aromatic heterocycles. The van der Waals surface area contributed by atoms with Gasteiger partial charge in [-0.2, -0.15) is 0 Å². The maximum absolute atomic E-state index is 11.4. The van der Waals surface area contributed by atoms with E-state index in [1.165, 1.54) is 0 Å². The van der Waals surface area contributed by atoms with Crippen molar-refractivity contribution in [3.05, 3.63) is 11.8 Å². The monoisotopic (exact) mass is 360 g/mol. The lowest BCUT2D eigenvalue weighted by Gasteiger charge is -2.43. The van der Waals surface area contributed by atoms with E-state index in [2.05, 4.69) is 0 Å². The lowest BCUT2D eigenvalue weighted by molar-refractivity contribution is -0.342. The van der Waals surface area contributed by atoms with Crippen LogP contribution in [0.3, 0.4) is 0 Å². The third-order valence-electron chi connectivity index (χ3n) is 5.46. The zero-order valence-electron chi connectivity index (χ0n) is 13.8. The van der Waals surface area contributed by atoms with Gasteiger partial charge >= 0.3 is 5.97 Å². The van der Waals surface area contributed by atoms with Crippen LogP contribution in [0.1, 0.15) is 19.8 Å². The van der Waals surface area contributed by atoms with Gasteiger partial charge in [0.1, 0.15) is 24.4 Å². The zero-order valence-corrected chi connectivity index (χ0v) is 13.8. The van der Waals surface area contributed by atoms with Crippen molar-refractivity contribution in [2.45, 2.75) is 56.8 Å². The van der Waals surface area contributed by atoms with Crippen LogP contribution in [-0.4, -0.2) is 75.1 Å². The van der Waals surface area contributed by atoms with E-state index in [1.54, 1.807) is 0 Å². The van der Waals surface area contributed by atoms with E-state index in [-0.39, 0.29) is 23.3 Å². The molecule has 0 radical (unpaired) electrons. The first-order valence-corrected chi connectivity index (χ1v) is 8.40. The lowest BCUT2D eigenvalue weighted by atomic mass is 9.83. The Bertz CT molecular complexity index is 534. The Kier molecular flexibility index (Phi) is 5.33. The minimum Gasteiger partial charge on any atom is -0.478 e. The van der Waals surface area contributed by atoms with Crippen molar-refractivity contribution in [2.75, 3.05) is 6.61 Å². The Balaban J connectivity index is 1.77. The van der Waals surface area contributed by atoms with Crippen LogP contribution in [0, 0.1) is 17.8 Å². The molecule has 142 valence electrons. The largest absolute Gasteiger partial charge is 0.478 e. The molecule has 1 aliphatic carbocycles. The van der Waals surface area contributed by atoms with Crippen molar-refractivity contribution in [1.29, 1.82) is 0 Å². The van der Waals surface area contributed by atoms with Gasteiger partial charge in [0, 0.05) is 11.8 Å². The average Bonchev–Trinajstić information content (AvgIpc) is 2.97. The highest BCUT2D eigenvalue weighted by molar-refractivity contribution is 5.87. The van der Waals surface area contributed by atoms with E-state index in [9.17, 15) is 30.3 Å². The molecule has 2 aliphatic heterocycles. The number of carbonyl (C=O) groups is 1. The van der Waals surface area contributed by atoms with Crippen LogP contribution < -0.4 is 0 Å². The number of aliphatic carboxylic acids is 1. The molecule has 3 rings (SSSR count). The molecule has 1 saturated carbocycles. The summed E-state index contributed by atoms with van der Waals surface area (Å²) in [6.45, 7) is 1.42. The van der Waals surface area contributed by atoms with Gasteiger partial charge in [-0.3, -0.25) is 0 Å². The molecular formula is C16H24O9. The van der Waals surface area contributed by atoms with Gasteiger partial charge in [-0.1, -0.05) is 6.92 Å². The second kappa shape index (κ2) is 7.18. The highest BCUT2D eigenvalue weighted by atomic mass is 16.8. The van der Waals surface area contributed by atoms with Crippen molar-refractivity contribution in [3.63, 3.8) is 0 Å². The summed E-state index contributed by atoms with van der Waals surface area (Å²) >= 11 is 0. The Morgan fingerprint density at radius 2 is 1.92 bits per heavy atom. The molecule has 0 spiro atoms. The molecule has 9 heteroatoms. The molecule has 0 bridgehead atoms. The maximum Gasteiger partial charge on any atom is 0.334 e. The maximum atomic E-state index is 11.4. The van der Waals surface area contributed by atoms with E-state index in [1.807, 2.05) is 6.92 Å². The standard InChI is InChI=1S/C16H24O9/c1-6-2-3-7-8(14(21)22)5-23-15(10(6)7)25-16-13(20)12(19)11(18)9(4-17)24-16/h5-7,9-13,15-20H,2-4H2,1H3,(H,21,22)/t6-,7-,9+,10+,11+,12-,13+,15+,16-/m0/s1. The van der Waals surface area contributed by atoms with E-state index < -0.39 is 49.6 Å². The van der Waals surface area contributed by atoms with Crippen LogP contribution in [-0.2, 0) is 19.0 Å². The van der Waals surface area contributed by atoms with Gasteiger partial charge in [0.2, 0.25) is 6.29 Å². The Hall–Kier alpha value is -1.23. The number of carboxylic acids is 1. The molecular weight excluding hydrogens is 336 g/mol. The first-order valence-electron chi connectivity index (χ1n) is 8.40. The predicted molar refractivity (Wildman–Crippen MR) is 80.8 cm³/mol. The second-order valence-corrected chi connectivity index (χ2v) is 6.95. The fraction of sp³-hybridized carbons (Fsp3) is 0.812. The number of ether oxygens (including phenoxy) is 3. The Morgan fingerprint density at radius 3 is 2.56 bits per heavy atom. The summed E-state index contributed by atoms with van der Waals surface area (Å²) in [5.74, 6) is -1.35. The van der Waals surface area contributed by atoms with E-state index in [4.69, 9.17) is 14.2 Å². The summed E-state index contributed by atoms with van der Waals surface area (Å²) in [5.41, 5.74) is 0.197. The van der Waals surface area contributed by atoms with Gasteiger partial charge in [0.25, 0.3) is 0 Å². The van der Waals surface area contributed by atoms with Crippen LogP contribution in [0.4, 0.5) is 0 Å². The highest BCUT2D eigenvalue weighted by Gasteiger charge is 2.50. The number of aliphatic hydroxyl groups excluding tert-OH is 4. The van der Waals surface area contributed by atoms with Crippen molar-refractivity contribution < 1.29 is 44.5 Å². The molecule has 0 unspecified atom stereocenters. The van der Waals surface area contributed by atoms with E-state index in [0.29, 0.717) is 6.42 Å². The SMILES string of the molecule is C[C@H]1CC[C@H]2C(C(=O)O)=CO[C@H](O[C@@H]3O[C@H](CO)[C@@H](O)[C@H](O)[C@H]3O)[C@H]12. The third-order valence-corrected chi connectivity index (χ3v) is 5.46.